The quantitative estimate of drug-likeness (QED) is 0.742. The van der Waals surface area contributed by atoms with Crippen LogP contribution in [0.4, 0.5) is 18.9 Å². The predicted octanol–water partition coefficient (Wildman–Crippen LogP) is 4.13. The summed E-state index contributed by atoms with van der Waals surface area (Å²) >= 11 is 0. The Kier molecular flexibility index (Phi) is 5.01. The monoisotopic (exact) mass is 361 g/mol. The molecule has 3 rings (SSSR count). The summed E-state index contributed by atoms with van der Waals surface area (Å²) in [5.74, 6) is -0.609. The second-order valence-corrected chi connectivity index (χ2v) is 5.52. The lowest BCUT2D eigenvalue weighted by atomic mass is 10.1. The summed E-state index contributed by atoms with van der Waals surface area (Å²) in [5, 5.41) is 9.91. The molecule has 0 saturated carbocycles. The molecule has 0 radical (unpaired) electrons. The second-order valence-electron chi connectivity index (χ2n) is 5.52. The van der Waals surface area contributed by atoms with E-state index in [4.69, 9.17) is 4.42 Å². The maximum atomic E-state index is 12.5. The van der Waals surface area contributed by atoms with Crippen molar-refractivity contribution in [2.45, 2.75) is 19.0 Å². The Balaban J connectivity index is 1.59. The minimum Gasteiger partial charge on any atom is -0.417 e. The minimum absolute atomic E-state index is 0.201. The summed E-state index contributed by atoms with van der Waals surface area (Å²) in [4.78, 5) is 12.1. The molecule has 3 aromatic rings. The molecule has 0 aliphatic heterocycles. The van der Waals surface area contributed by atoms with E-state index in [0.29, 0.717) is 18.7 Å². The van der Waals surface area contributed by atoms with Crippen LogP contribution in [0.15, 0.2) is 59.0 Å². The number of benzene rings is 2. The number of aryl methyl sites for hydroxylation is 2. The van der Waals surface area contributed by atoms with Gasteiger partial charge in [-0.1, -0.05) is 30.3 Å². The van der Waals surface area contributed by atoms with Crippen molar-refractivity contribution in [3.8, 4) is 0 Å². The second kappa shape index (κ2) is 7.38. The molecule has 0 saturated heterocycles. The van der Waals surface area contributed by atoms with Crippen molar-refractivity contribution in [2.24, 2.45) is 0 Å². The van der Waals surface area contributed by atoms with Crippen molar-refractivity contribution in [3.05, 3.63) is 77.5 Å². The molecule has 134 valence electrons. The first-order valence-corrected chi connectivity index (χ1v) is 7.77. The van der Waals surface area contributed by atoms with Gasteiger partial charge in [0.05, 0.1) is 5.56 Å². The van der Waals surface area contributed by atoms with Crippen LogP contribution in [-0.2, 0) is 19.0 Å². The molecule has 0 aliphatic carbocycles. The van der Waals surface area contributed by atoms with E-state index in [1.54, 1.807) is 0 Å². The number of nitrogens with zero attached hydrogens (tertiary/aromatic N) is 2. The fraction of sp³-hybridized carbons (Fsp3) is 0.167. The molecule has 2 aromatic carbocycles. The molecule has 1 amide bonds. The van der Waals surface area contributed by atoms with E-state index < -0.39 is 17.6 Å². The number of carbonyl (C=O) groups excluding carboxylic acids is 1. The molecular weight excluding hydrogens is 347 g/mol. The van der Waals surface area contributed by atoms with Gasteiger partial charge in [0, 0.05) is 12.1 Å². The van der Waals surface area contributed by atoms with Gasteiger partial charge in [-0.3, -0.25) is 4.79 Å². The van der Waals surface area contributed by atoms with Gasteiger partial charge < -0.3 is 9.73 Å². The number of halogens is 3. The molecule has 0 unspecified atom stereocenters. The van der Waals surface area contributed by atoms with E-state index in [1.165, 1.54) is 0 Å². The Hall–Kier alpha value is -3.16. The number of aromatic nitrogens is 2. The summed E-state index contributed by atoms with van der Waals surface area (Å²) in [6, 6.07) is 13.8. The van der Waals surface area contributed by atoms with E-state index in [-0.39, 0.29) is 11.6 Å². The lowest BCUT2D eigenvalue weighted by Gasteiger charge is -2.07. The van der Waals surface area contributed by atoms with Gasteiger partial charge >= 0.3 is 18.0 Å². The summed E-state index contributed by atoms with van der Waals surface area (Å²) in [5.41, 5.74) is 0.505. The van der Waals surface area contributed by atoms with Gasteiger partial charge in [-0.2, -0.15) is 13.2 Å². The molecule has 0 atom stereocenters. The van der Waals surface area contributed by atoms with Gasteiger partial charge in [-0.25, -0.2) is 0 Å². The molecule has 1 aromatic heterocycles. The fourth-order valence-corrected chi connectivity index (χ4v) is 2.27. The zero-order valence-electron chi connectivity index (χ0n) is 13.5. The highest BCUT2D eigenvalue weighted by molar-refractivity contribution is 6.00. The zero-order chi connectivity index (χ0) is 18.6. The highest BCUT2D eigenvalue weighted by atomic mass is 19.4. The van der Waals surface area contributed by atoms with Crippen molar-refractivity contribution in [1.82, 2.24) is 10.2 Å². The van der Waals surface area contributed by atoms with Crippen molar-refractivity contribution in [3.63, 3.8) is 0 Å². The molecule has 0 bridgehead atoms. The lowest BCUT2D eigenvalue weighted by Crippen LogP contribution is -2.12. The van der Waals surface area contributed by atoms with Crippen molar-refractivity contribution < 1.29 is 22.4 Å². The molecule has 26 heavy (non-hydrogen) atoms. The summed E-state index contributed by atoms with van der Waals surface area (Å²) in [6.45, 7) is 0. The first kappa shape index (κ1) is 17.7. The Bertz CT molecular complexity index is 875. The molecule has 0 aliphatic rings. The molecule has 8 heteroatoms. The van der Waals surface area contributed by atoms with Crippen LogP contribution < -0.4 is 5.32 Å². The summed E-state index contributed by atoms with van der Waals surface area (Å²) < 4.78 is 42.9. The van der Waals surface area contributed by atoms with E-state index in [2.05, 4.69) is 15.5 Å². The van der Waals surface area contributed by atoms with Gasteiger partial charge in [0.25, 0.3) is 0 Å². The largest absolute Gasteiger partial charge is 0.417 e. The van der Waals surface area contributed by atoms with Crippen LogP contribution in [0.25, 0.3) is 0 Å². The van der Waals surface area contributed by atoms with Crippen LogP contribution in [0.2, 0.25) is 0 Å². The van der Waals surface area contributed by atoms with Crippen LogP contribution in [-0.4, -0.2) is 16.1 Å². The van der Waals surface area contributed by atoms with E-state index in [0.717, 1.165) is 29.8 Å². The number of anilines is 1. The van der Waals surface area contributed by atoms with Gasteiger partial charge in [-0.05, 0) is 36.2 Å². The third kappa shape index (κ3) is 4.47. The standard InChI is InChI=1S/C18H14F3N3O2/c19-18(20,21)13-7-9-14(10-8-13)22-16(25)17-24-23-15(26-17)11-6-12-4-2-1-3-5-12/h1-5,7-10H,6,11H2,(H,22,25). The van der Waals surface area contributed by atoms with Crippen LogP contribution in [0.3, 0.4) is 0 Å². The number of rotatable bonds is 5. The number of alkyl halides is 3. The number of hydrogen-bond donors (Lipinski definition) is 1. The molecule has 1 N–H and O–H groups in total. The Morgan fingerprint density at radius 3 is 2.31 bits per heavy atom. The predicted molar refractivity (Wildman–Crippen MR) is 87.5 cm³/mol. The van der Waals surface area contributed by atoms with E-state index in [9.17, 15) is 18.0 Å². The highest BCUT2D eigenvalue weighted by Gasteiger charge is 2.30. The molecule has 0 fully saturated rings. The van der Waals surface area contributed by atoms with Crippen LogP contribution in [0.5, 0.6) is 0 Å². The summed E-state index contributed by atoms with van der Waals surface area (Å²) in [6.07, 6.45) is -3.27. The van der Waals surface area contributed by atoms with Crippen molar-refractivity contribution in [2.75, 3.05) is 5.32 Å². The normalized spacial score (nSPS) is 11.3. The zero-order valence-corrected chi connectivity index (χ0v) is 13.5. The lowest BCUT2D eigenvalue weighted by molar-refractivity contribution is -0.137. The topological polar surface area (TPSA) is 68.0 Å². The maximum absolute atomic E-state index is 12.5. The third-order valence-corrected chi connectivity index (χ3v) is 3.60. The van der Waals surface area contributed by atoms with Crippen LogP contribution >= 0.6 is 0 Å². The smallest absolute Gasteiger partial charge is 0.416 e. The fourth-order valence-electron chi connectivity index (χ4n) is 2.27. The maximum Gasteiger partial charge on any atom is 0.416 e. The molecule has 0 spiro atoms. The van der Waals surface area contributed by atoms with Crippen molar-refractivity contribution >= 4 is 11.6 Å². The van der Waals surface area contributed by atoms with E-state index in [1.807, 2.05) is 30.3 Å². The van der Waals surface area contributed by atoms with Gasteiger partial charge in [0.1, 0.15) is 0 Å². The molecule has 5 nitrogen and oxygen atoms in total. The highest BCUT2D eigenvalue weighted by Crippen LogP contribution is 2.29. The Morgan fingerprint density at radius 1 is 0.962 bits per heavy atom. The van der Waals surface area contributed by atoms with Crippen LogP contribution in [0.1, 0.15) is 27.7 Å². The molecular formula is C18H14F3N3O2. The minimum atomic E-state index is -4.43. The molecule has 1 heterocycles. The van der Waals surface area contributed by atoms with Crippen LogP contribution in [0, 0.1) is 0 Å². The average molecular weight is 361 g/mol. The number of hydrogen-bond acceptors (Lipinski definition) is 4. The van der Waals surface area contributed by atoms with Crippen molar-refractivity contribution in [1.29, 1.82) is 0 Å². The van der Waals surface area contributed by atoms with Gasteiger partial charge in [-0.15, -0.1) is 10.2 Å². The number of carbonyl (C=O) groups is 1. The number of nitrogens with one attached hydrogen (secondary N) is 1. The third-order valence-electron chi connectivity index (χ3n) is 3.60. The average Bonchev–Trinajstić information content (AvgIpc) is 3.10. The van der Waals surface area contributed by atoms with E-state index >= 15 is 0 Å². The Labute approximate surface area is 146 Å². The number of amides is 1. The van der Waals surface area contributed by atoms with Gasteiger partial charge in [0.15, 0.2) is 0 Å². The first-order chi connectivity index (χ1) is 12.4. The Morgan fingerprint density at radius 2 is 1.65 bits per heavy atom. The van der Waals surface area contributed by atoms with Gasteiger partial charge in [0.2, 0.25) is 5.89 Å². The first-order valence-electron chi connectivity index (χ1n) is 7.77. The SMILES string of the molecule is O=C(Nc1ccc(C(F)(F)F)cc1)c1nnc(CCc2ccccc2)o1. The summed E-state index contributed by atoms with van der Waals surface area (Å²) in [7, 11) is 0.